The highest BCUT2D eigenvalue weighted by Crippen LogP contribution is 2.29. The van der Waals surface area contributed by atoms with Crippen LogP contribution in [0.25, 0.3) is 0 Å². The first-order valence-corrected chi connectivity index (χ1v) is 9.64. The molecule has 124 valence electrons. The van der Waals surface area contributed by atoms with Gasteiger partial charge in [0.15, 0.2) is 0 Å². The van der Waals surface area contributed by atoms with Gasteiger partial charge < -0.3 is 10.1 Å². The number of carbonyl (C=O) groups excluding carboxylic acids is 1. The van der Waals surface area contributed by atoms with Gasteiger partial charge in [0.25, 0.3) is 0 Å². The monoisotopic (exact) mass is 346 g/mol. The number of rotatable bonds is 8. The van der Waals surface area contributed by atoms with Gasteiger partial charge in [0.1, 0.15) is 10.6 Å². The lowest BCUT2D eigenvalue weighted by Crippen LogP contribution is -2.23. The SMILES string of the molecule is CCOc1ccc(NC(=O)CCSC)cc1S(=O)(=O)N(C)C. The van der Waals surface area contributed by atoms with E-state index >= 15 is 0 Å². The third kappa shape index (κ3) is 4.89. The molecule has 0 saturated carbocycles. The van der Waals surface area contributed by atoms with E-state index in [1.165, 1.54) is 20.2 Å². The van der Waals surface area contributed by atoms with Crippen LogP contribution in [-0.4, -0.2) is 51.3 Å². The van der Waals surface area contributed by atoms with E-state index in [4.69, 9.17) is 4.74 Å². The lowest BCUT2D eigenvalue weighted by molar-refractivity contribution is -0.115. The first-order chi connectivity index (χ1) is 10.3. The Labute approximate surface area is 136 Å². The Hall–Kier alpha value is -1.25. The molecule has 0 radical (unpaired) electrons. The number of ether oxygens (including phenoxy) is 1. The maximum absolute atomic E-state index is 12.4. The van der Waals surface area contributed by atoms with Crippen LogP contribution in [0, 0.1) is 0 Å². The molecule has 1 N–H and O–H groups in total. The minimum absolute atomic E-state index is 0.0435. The second-order valence-electron chi connectivity index (χ2n) is 4.67. The summed E-state index contributed by atoms with van der Waals surface area (Å²) in [6, 6.07) is 4.62. The van der Waals surface area contributed by atoms with Crippen molar-refractivity contribution in [3.05, 3.63) is 18.2 Å². The summed E-state index contributed by atoms with van der Waals surface area (Å²) in [7, 11) is -0.746. The summed E-state index contributed by atoms with van der Waals surface area (Å²) < 4.78 is 31.2. The van der Waals surface area contributed by atoms with E-state index in [1.807, 2.05) is 6.26 Å². The quantitative estimate of drug-likeness (QED) is 0.779. The fourth-order valence-electron chi connectivity index (χ4n) is 1.68. The molecule has 1 amide bonds. The molecule has 8 heteroatoms. The molecule has 0 atom stereocenters. The maximum Gasteiger partial charge on any atom is 0.246 e. The van der Waals surface area contributed by atoms with Crippen molar-refractivity contribution in [3.63, 3.8) is 0 Å². The van der Waals surface area contributed by atoms with Crippen molar-refractivity contribution in [2.24, 2.45) is 0 Å². The zero-order chi connectivity index (χ0) is 16.8. The molecule has 0 aliphatic rings. The van der Waals surface area contributed by atoms with Gasteiger partial charge in [-0.15, -0.1) is 0 Å². The fraction of sp³-hybridized carbons (Fsp3) is 0.500. The number of thioether (sulfide) groups is 1. The van der Waals surface area contributed by atoms with E-state index in [1.54, 1.807) is 30.8 Å². The van der Waals surface area contributed by atoms with Crippen LogP contribution in [0.2, 0.25) is 0 Å². The Kier molecular flexibility index (Phi) is 7.18. The van der Waals surface area contributed by atoms with E-state index in [9.17, 15) is 13.2 Å². The van der Waals surface area contributed by atoms with Crippen LogP contribution in [-0.2, 0) is 14.8 Å². The Morgan fingerprint density at radius 3 is 2.59 bits per heavy atom. The number of anilines is 1. The molecule has 0 saturated heterocycles. The van der Waals surface area contributed by atoms with Gasteiger partial charge in [0.2, 0.25) is 15.9 Å². The third-order valence-corrected chi connectivity index (χ3v) is 5.27. The number of benzene rings is 1. The number of hydrogen-bond donors (Lipinski definition) is 1. The first-order valence-electron chi connectivity index (χ1n) is 6.81. The van der Waals surface area contributed by atoms with Gasteiger partial charge in [-0.25, -0.2) is 12.7 Å². The Bertz CT molecular complexity index is 615. The van der Waals surface area contributed by atoms with Crippen molar-refractivity contribution >= 4 is 33.4 Å². The molecule has 1 aromatic carbocycles. The second kappa shape index (κ2) is 8.40. The average Bonchev–Trinajstić information content (AvgIpc) is 2.46. The number of carbonyl (C=O) groups is 1. The van der Waals surface area contributed by atoms with Crippen molar-refractivity contribution in [1.29, 1.82) is 0 Å². The van der Waals surface area contributed by atoms with Gasteiger partial charge in [0, 0.05) is 32.0 Å². The topological polar surface area (TPSA) is 75.7 Å². The van der Waals surface area contributed by atoms with Gasteiger partial charge in [0.05, 0.1) is 6.61 Å². The van der Waals surface area contributed by atoms with Gasteiger partial charge >= 0.3 is 0 Å². The molecule has 0 unspecified atom stereocenters. The van der Waals surface area contributed by atoms with Crippen molar-refractivity contribution in [1.82, 2.24) is 4.31 Å². The minimum atomic E-state index is -3.65. The standard InChI is InChI=1S/C14H22N2O4S2/c1-5-20-12-7-6-11(15-14(17)8-9-21-4)10-13(12)22(18,19)16(2)3/h6-7,10H,5,8-9H2,1-4H3,(H,15,17). The van der Waals surface area contributed by atoms with Gasteiger partial charge in [-0.05, 0) is 31.4 Å². The van der Waals surface area contributed by atoms with Gasteiger partial charge in [-0.3, -0.25) is 4.79 Å². The Balaban J connectivity index is 3.12. The molecule has 0 aliphatic carbocycles. The highest BCUT2D eigenvalue weighted by Gasteiger charge is 2.23. The van der Waals surface area contributed by atoms with Crippen LogP contribution in [0.4, 0.5) is 5.69 Å². The molecule has 0 aliphatic heterocycles. The largest absolute Gasteiger partial charge is 0.492 e. The summed E-state index contributed by atoms with van der Waals surface area (Å²) in [5, 5.41) is 2.71. The van der Waals surface area contributed by atoms with E-state index in [0.717, 1.165) is 4.31 Å². The molecular weight excluding hydrogens is 324 g/mol. The highest BCUT2D eigenvalue weighted by molar-refractivity contribution is 7.98. The molecule has 0 fully saturated rings. The van der Waals surface area contributed by atoms with Crippen molar-refractivity contribution in [2.45, 2.75) is 18.2 Å². The van der Waals surface area contributed by atoms with Crippen LogP contribution < -0.4 is 10.1 Å². The first kappa shape index (κ1) is 18.8. The lowest BCUT2D eigenvalue weighted by Gasteiger charge is -2.16. The predicted octanol–water partition coefficient (Wildman–Crippen LogP) is 2.03. The summed E-state index contributed by atoms with van der Waals surface area (Å²) in [6.07, 6.45) is 2.30. The number of amides is 1. The summed E-state index contributed by atoms with van der Waals surface area (Å²) in [5.74, 6) is 0.844. The van der Waals surface area contributed by atoms with Crippen molar-refractivity contribution in [3.8, 4) is 5.75 Å². The normalized spacial score (nSPS) is 11.5. The van der Waals surface area contributed by atoms with Crippen LogP contribution in [0.5, 0.6) is 5.75 Å². The van der Waals surface area contributed by atoms with Crippen LogP contribution >= 0.6 is 11.8 Å². The maximum atomic E-state index is 12.4. The van der Waals surface area contributed by atoms with Crippen LogP contribution in [0.3, 0.4) is 0 Å². The highest BCUT2D eigenvalue weighted by atomic mass is 32.2. The Morgan fingerprint density at radius 1 is 1.36 bits per heavy atom. The summed E-state index contributed by atoms with van der Waals surface area (Å²) >= 11 is 1.58. The zero-order valence-corrected chi connectivity index (χ0v) is 14.9. The van der Waals surface area contributed by atoms with E-state index in [2.05, 4.69) is 5.32 Å². The third-order valence-electron chi connectivity index (χ3n) is 2.82. The molecule has 0 bridgehead atoms. The summed E-state index contributed by atoms with van der Waals surface area (Å²) in [6.45, 7) is 2.14. The predicted molar refractivity (Wildman–Crippen MR) is 90.1 cm³/mol. The number of nitrogens with zero attached hydrogens (tertiary/aromatic N) is 1. The van der Waals surface area contributed by atoms with Gasteiger partial charge in [-0.2, -0.15) is 11.8 Å². The van der Waals surface area contributed by atoms with E-state index < -0.39 is 10.0 Å². The zero-order valence-electron chi connectivity index (χ0n) is 13.3. The molecular formula is C14H22N2O4S2. The molecule has 0 heterocycles. The summed E-state index contributed by atoms with van der Waals surface area (Å²) in [5.41, 5.74) is 0.440. The minimum Gasteiger partial charge on any atom is -0.492 e. The smallest absolute Gasteiger partial charge is 0.246 e. The average molecular weight is 346 g/mol. The summed E-state index contributed by atoms with van der Waals surface area (Å²) in [4.78, 5) is 11.8. The Morgan fingerprint density at radius 2 is 2.05 bits per heavy atom. The molecule has 1 rings (SSSR count). The number of hydrogen-bond acceptors (Lipinski definition) is 5. The van der Waals surface area contributed by atoms with E-state index in [-0.39, 0.29) is 16.6 Å². The number of sulfonamides is 1. The van der Waals surface area contributed by atoms with Gasteiger partial charge in [-0.1, -0.05) is 0 Å². The van der Waals surface area contributed by atoms with Crippen LogP contribution in [0.1, 0.15) is 13.3 Å². The molecule has 1 aromatic rings. The fourth-order valence-corrected chi connectivity index (χ4v) is 3.12. The molecule has 22 heavy (non-hydrogen) atoms. The lowest BCUT2D eigenvalue weighted by atomic mass is 10.3. The number of nitrogens with one attached hydrogen (secondary N) is 1. The molecule has 6 nitrogen and oxygen atoms in total. The second-order valence-corrected chi connectivity index (χ2v) is 7.78. The van der Waals surface area contributed by atoms with E-state index in [0.29, 0.717) is 24.5 Å². The molecule has 0 spiro atoms. The van der Waals surface area contributed by atoms with Crippen LogP contribution in [0.15, 0.2) is 23.1 Å². The van der Waals surface area contributed by atoms with Crippen molar-refractivity contribution < 1.29 is 17.9 Å². The van der Waals surface area contributed by atoms with Crippen molar-refractivity contribution in [2.75, 3.05) is 38.0 Å². The molecule has 0 aromatic heterocycles.